The first-order chi connectivity index (χ1) is 13.2. The number of anilines is 1. The number of primary amides is 1. The van der Waals surface area contributed by atoms with Crippen LogP contribution in [0, 0.1) is 0 Å². The Labute approximate surface area is 159 Å². The highest BCUT2D eigenvalue weighted by molar-refractivity contribution is 7.19. The highest BCUT2D eigenvalue weighted by Gasteiger charge is 2.18. The molecule has 0 unspecified atom stereocenters. The van der Waals surface area contributed by atoms with Crippen molar-refractivity contribution >= 4 is 23.1 Å². The maximum atomic E-state index is 11.3. The Kier molecular flexibility index (Phi) is 5.14. The van der Waals surface area contributed by atoms with Gasteiger partial charge >= 0.3 is 6.03 Å². The summed E-state index contributed by atoms with van der Waals surface area (Å²) >= 11 is 1.47. The largest absolute Gasteiger partial charge is 0.423 e. The predicted molar refractivity (Wildman–Crippen MR) is 102 cm³/mol. The molecule has 0 radical (unpaired) electrons. The Hall–Kier alpha value is -2.75. The third-order valence-corrected chi connectivity index (χ3v) is 5.44. The number of carbonyl (C=O) groups excluding carboxylic acids is 1. The smallest absolute Gasteiger partial charge is 0.316 e. The zero-order valence-electron chi connectivity index (χ0n) is 14.6. The van der Waals surface area contributed by atoms with E-state index in [0.29, 0.717) is 16.5 Å². The van der Waals surface area contributed by atoms with Crippen LogP contribution in [0.25, 0.3) is 21.2 Å². The number of ether oxygens (including phenoxy) is 1. The van der Waals surface area contributed by atoms with Gasteiger partial charge in [0.2, 0.25) is 6.39 Å². The fourth-order valence-corrected chi connectivity index (χ4v) is 4.07. The SMILES string of the molecule is NC(=O)Nc1cc(-c2cccc(CN3CCOCC3)c2)sc1-c1nnco1. The number of nitrogens with zero attached hydrogens (tertiary/aromatic N) is 3. The quantitative estimate of drug-likeness (QED) is 0.699. The standard InChI is InChI=1S/C18H19N5O3S/c19-18(24)21-14-9-15(27-16(14)17-22-20-11-26-17)13-3-1-2-12(8-13)10-23-4-6-25-7-5-23/h1-3,8-9,11H,4-7,10H2,(H3,19,21,24). The summed E-state index contributed by atoms with van der Waals surface area (Å²) in [4.78, 5) is 15.4. The molecule has 3 aromatic rings. The van der Waals surface area contributed by atoms with Crippen LogP contribution in [-0.4, -0.2) is 47.4 Å². The molecule has 1 aliphatic rings. The molecule has 3 N–H and O–H groups in total. The summed E-state index contributed by atoms with van der Waals surface area (Å²) in [6.45, 7) is 4.32. The summed E-state index contributed by atoms with van der Waals surface area (Å²) in [5.41, 5.74) is 8.14. The number of amides is 2. The number of morpholine rings is 1. The molecule has 0 atom stereocenters. The van der Waals surface area contributed by atoms with Gasteiger partial charge in [-0.1, -0.05) is 18.2 Å². The van der Waals surface area contributed by atoms with Crippen LogP contribution in [0.1, 0.15) is 5.56 Å². The maximum absolute atomic E-state index is 11.3. The van der Waals surface area contributed by atoms with Crippen LogP contribution in [0.5, 0.6) is 0 Å². The number of rotatable bonds is 5. The molecule has 0 bridgehead atoms. The lowest BCUT2D eigenvalue weighted by molar-refractivity contribution is 0.0342. The number of nitrogens with one attached hydrogen (secondary N) is 1. The topological polar surface area (TPSA) is 107 Å². The second kappa shape index (κ2) is 7.87. The molecule has 4 rings (SSSR count). The van der Waals surface area contributed by atoms with Gasteiger partial charge in [-0.05, 0) is 23.3 Å². The zero-order valence-corrected chi connectivity index (χ0v) is 15.4. The fourth-order valence-electron chi connectivity index (χ4n) is 3.03. The van der Waals surface area contributed by atoms with E-state index in [1.165, 1.54) is 23.3 Å². The number of hydrogen-bond acceptors (Lipinski definition) is 7. The van der Waals surface area contributed by atoms with Crippen molar-refractivity contribution in [2.75, 3.05) is 31.6 Å². The summed E-state index contributed by atoms with van der Waals surface area (Å²) in [5, 5.41) is 10.3. The first-order valence-corrected chi connectivity index (χ1v) is 9.37. The zero-order chi connectivity index (χ0) is 18.6. The molecule has 27 heavy (non-hydrogen) atoms. The van der Waals surface area contributed by atoms with Crippen LogP contribution in [0.3, 0.4) is 0 Å². The summed E-state index contributed by atoms with van der Waals surface area (Å²) in [7, 11) is 0. The van der Waals surface area contributed by atoms with Gasteiger partial charge in [0.15, 0.2) is 0 Å². The summed E-state index contributed by atoms with van der Waals surface area (Å²) < 4.78 is 10.7. The Bertz CT molecular complexity index is 919. The maximum Gasteiger partial charge on any atom is 0.316 e. The monoisotopic (exact) mass is 385 g/mol. The molecule has 3 heterocycles. The van der Waals surface area contributed by atoms with Gasteiger partial charge in [0.25, 0.3) is 5.89 Å². The fraction of sp³-hybridized carbons (Fsp3) is 0.278. The van der Waals surface area contributed by atoms with Gasteiger partial charge in [-0.25, -0.2) is 4.79 Å². The van der Waals surface area contributed by atoms with Crippen molar-refractivity contribution in [1.82, 2.24) is 15.1 Å². The van der Waals surface area contributed by atoms with E-state index in [9.17, 15) is 4.79 Å². The first kappa shape index (κ1) is 17.7. The lowest BCUT2D eigenvalue weighted by atomic mass is 10.1. The molecule has 2 aromatic heterocycles. The number of benzene rings is 1. The summed E-state index contributed by atoms with van der Waals surface area (Å²) in [5.74, 6) is 0.347. The van der Waals surface area contributed by atoms with E-state index in [-0.39, 0.29) is 0 Å². The minimum Gasteiger partial charge on any atom is -0.423 e. The van der Waals surface area contributed by atoms with E-state index >= 15 is 0 Å². The number of aromatic nitrogens is 2. The summed E-state index contributed by atoms with van der Waals surface area (Å²) in [6, 6.07) is 9.60. The Morgan fingerprint density at radius 2 is 2.15 bits per heavy atom. The van der Waals surface area contributed by atoms with Crippen molar-refractivity contribution in [1.29, 1.82) is 0 Å². The van der Waals surface area contributed by atoms with Gasteiger partial charge in [0.1, 0.15) is 4.88 Å². The Morgan fingerprint density at radius 3 is 2.89 bits per heavy atom. The lowest BCUT2D eigenvalue weighted by Crippen LogP contribution is -2.35. The van der Waals surface area contributed by atoms with Crippen LogP contribution in [0.4, 0.5) is 10.5 Å². The van der Waals surface area contributed by atoms with Gasteiger partial charge in [-0.2, -0.15) is 0 Å². The minimum atomic E-state index is -0.638. The molecule has 2 amide bonds. The van der Waals surface area contributed by atoms with Gasteiger partial charge in [0.05, 0.1) is 18.9 Å². The molecule has 0 spiro atoms. The van der Waals surface area contributed by atoms with Crippen molar-refractivity contribution in [3.05, 3.63) is 42.3 Å². The third-order valence-electron chi connectivity index (χ3n) is 4.27. The van der Waals surface area contributed by atoms with Crippen molar-refractivity contribution in [2.45, 2.75) is 6.54 Å². The number of carbonyl (C=O) groups is 1. The van der Waals surface area contributed by atoms with Crippen molar-refractivity contribution < 1.29 is 13.9 Å². The molecule has 8 nitrogen and oxygen atoms in total. The Morgan fingerprint density at radius 1 is 1.30 bits per heavy atom. The molecule has 1 aromatic carbocycles. The number of hydrogen-bond donors (Lipinski definition) is 2. The third kappa shape index (κ3) is 4.16. The molecule has 1 aliphatic heterocycles. The van der Waals surface area contributed by atoms with E-state index in [2.05, 4.69) is 32.5 Å². The van der Waals surface area contributed by atoms with E-state index < -0.39 is 6.03 Å². The highest BCUT2D eigenvalue weighted by atomic mass is 32.1. The van der Waals surface area contributed by atoms with Crippen LogP contribution >= 0.6 is 11.3 Å². The molecular formula is C18H19N5O3S. The molecule has 1 saturated heterocycles. The van der Waals surface area contributed by atoms with Crippen LogP contribution < -0.4 is 11.1 Å². The van der Waals surface area contributed by atoms with Crippen molar-refractivity contribution in [3.8, 4) is 21.2 Å². The van der Waals surface area contributed by atoms with Crippen LogP contribution in [0.2, 0.25) is 0 Å². The molecule has 0 aliphatic carbocycles. The summed E-state index contributed by atoms with van der Waals surface area (Å²) in [6.07, 6.45) is 1.26. The van der Waals surface area contributed by atoms with E-state index in [4.69, 9.17) is 14.9 Å². The van der Waals surface area contributed by atoms with E-state index in [1.54, 1.807) is 0 Å². The number of nitrogens with two attached hydrogens (primary N) is 1. The Balaban J connectivity index is 1.62. The molecule has 1 fully saturated rings. The lowest BCUT2D eigenvalue weighted by Gasteiger charge is -2.26. The van der Waals surface area contributed by atoms with Gasteiger partial charge in [-0.3, -0.25) is 4.90 Å². The van der Waals surface area contributed by atoms with Crippen LogP contribution in [-0.2, 0) is 11.3 Å². The first-order valence-electron chi connectivity index (χ1n) is 8.55. The minimum absolute atomic E-state index is 0.347. The normalized spacial score (nSPS) is 15.0. The van der Waals surface area contributed by atoms with Gasteiger partial charge < -0.3 is 20.2 Å². The number of thiophene rings is 1. The van der Waals surface area contributed by atoms with Crippen molar-refractivity contribution in [3.63, 3.8) is 0 Å². The van der Waals surface area contributed by atoms with Crippen molar-refractivity contribution in [2.24, 2.45) is 5.73 Å². The van der Waals surface area contributed by atoms with Gasteiger partial charge in [0, 0.05) is 24.5 Å². The van der Waals surface area contributed by atoms with E-state index in [1.807, 2.05) is 18.2 Å². The van der Waals surface area contributed by atoms with E-state index in [0.717, 1.165) is 43.3 Å². The van der Waals surface area contributed by atoms with Crippen LogP contribution in [0.15, 0.2) is 41.1 Å². The van der Waals surface area contributed by atoms with Gasteiger partial charge in [-0.15, -0.1) is 21.5 Å². The average molecular weight is 385 g/mol. The molecule has 0 saturated carbocycles. The highest BCUT2D eigenvalue weighted by Crippen LogP contribution is 2.40. The second-order valence-electron chi connectivity index (χ2n) is 6.18. The molecule has 9 heteroatoms. The average Bonchev–Trinajstić information content (AvgIpc) is 3.32. The molecular weight excluding hydrogens is 366 g/mol. The second-order valence-corrected chi connectivity index (χ2v) is 7.23. The number of urea groups is 1. The molecule has 140 valence electrons. The predicted octanol–water partition coefficient (Wildman–Crippen LogP) is 2.79.